The Kier molecular flexibility index (Phi) is 6.37. The number of para-hydroxylation sites is 2. The number of piperazine rings is 1. The summed E-state index contributed by atoms with van der Waals surface area (Å²) in [5.74, 6) is 0.992. The molecule has 2 amide bonds. The van der Waals surface area contributed by atoms with Crippen molar-refractivity contribution in [2.75, 3.05) is 50.1 Å². The molecule has 0 atom stereocenters. The number of anilines is 2. The Morgan fingerprint density at radius 1 is 0.964 bits per heavy atom. The summed E-state index contributed by atoms with van der Waals surface area (Å²) in [5.41, 5.74) is 1.78. The Morgan fingerprint density at radius 2 is 1.61 bits per heavy atom. The first kappa shape index (κ1) is 19.5. The fraction of sp³-hybridized carbons (Fsp3) is 0.333. The monoisotopic (exact) mass is 383 g/mol. The number of nitrogens with one attached hydrogen (secondary N) is 1. The van der Waals surface area contributed by atoms with E-state index in [1.807, 2.05) is 41.3 Å². The smallest absolute Gasteiger partial charge is 0.262 e. The van der Waals surface area contributed by atoms with Crippen LogP contribution in [-0.4, -0.2) is 56.6 Å². The lowest BCUT2D eigenvalue weighted by atomic mass is 10.2. The topological polar surface area (TPSA) is 71.1 Å². The Balaban J connectivity index is 1.50. The van der Waals surface area contributed by atoms with E-state index >= 15 is 0 Å². The second-order valence-electron chi connectivity index (χ2n) is 6.53. The first-order valence-electron chi connectivity index (χ1n) is 9.23. The number of hydrogen-bond donors (Lipinski definition) is 1. The number of carbonyl (C=O) groups is 2. The van der Waals surface area contributed by atoms with Gasteiger partial charge >= 0.3 is 0 Å². The molecule has 1 fully saturated rings. The minimum atomic E-state index is -0.242. The SMILES string of the molecule is COc1ccccc1OCC(=O)Nc1ccc(N2CCN(C(C)=O)CC2)cc1. The van der Waals surface area contributed by atoms with Crippen LogP contribution in [0.15, 0.2) is 48.5 Å². The maximum atomic E-state index is 12.1. The molecule has 1 saturated heterocycles. The maximum absolute atomic E-state index is 12.1. The van der Waals surface area contributed by atoms with Gasteiger partial charge in [0.25, 0.3) is 5.91 Å². The van der Waals surface area contributed by atoms with Gasteiger partial charge in [0, 0.05) is 44.5 Å². The van der Waals surface area contributed by atoms with Crippen LogP contribution in [-0.2, 0) is 9.59 Å². The van der Waals surface area contributed by atoms with Crippen molar-refractivity contribution >= 4 is 23.2 Å². The van der Waals surface area contributed by atoms with Crippen LogP contribution in [0, 0.1) is 0 Å². The number of ether oxygens (including phenoxy) is 2. The minimum absolute atomic E-state index is 0.102. The van der Waals surface area contributed by atoms with Gasteiger partial charge in [0.1, 0.15) is 0 Å². The molecule has 1 heterocycles. The summed E-state index contributed by atoms with van der Waals surface area (Å²) in [6, 6.07) is 14.9. The second-order valence-corrected chi connectivity index (χ2v) is 6.53. The summed E-state index contributed by atoms with van der Waals surface area (Å²) in [5, 5.41) is 2.83. The number of methoxy groups -OCH3 is 1. The van der Waals surface area contributed by atoms with Crippen LogP contribution >= 0.6 is 0 Å². The molecule has 148 valence electrons. The van der Waals surface area contributed by atoms with Crippen molar-refractivity contribution in [2.45, 2.75) is 6.92 Å². The van der Waals surface area contributed by atoms with Gasteiger partial charge in [-0.2, -0.15) is 0 Å². The Labute approximate surface area is 164 Å². The van der Waals surface area contributed by atoms with Crippen molar-refractivity contribution in [1.82, 2.24) is 4.90 Å². The molecular formula is C21H25N3O4. The number of nitrogens with zero attached hydrogens (tertiary/aromatic N) is 2. The zero-order valence-corrected chi connectivity index (χ0v) is 16.2. The van der Waals surface area contributed by atoms with Crippen LogP contribution in [0.1, 0.15) is 6.92 Å². The molecular weight excluding hydrogens is 358 g/mol. The number of rotatable bonds is 6. The lowest BCUT2D eigenvalue weighted by Crippen LogP contribution is -2.48. The molecule has 0 aromatic heterocycles. The van der Waals surface area contributed by atoms with E-state index in [1.165, 1.54) is 0 Å². The van der Waals surface area contributed by atoms with E-state index in [9.17, 15) is 9.59 Å². The fourth-order valence-corrected chi connectivity index (χ4v) is 3.11. The van der Waals surface area contributed by atoms with Crippen LogP contribution in [0.3, 0.4) is 0 Å². The van der Waals surface area contributed by atoms with Gasteiger partial charge in [-0.25, -0.2) is 0 Å². The third kappa shape index (κ3) is 4.94. The second kappa shape index (κ2) is 9.12. The maximum Gasteiger partial charge on any atom is 0.262 e. The van der Waals surface area contributed by atoms with Crippen molar-refractivity contribution < 1.29 is 19.1 Å². The van der Waals surface area contributed by atoms with Crippen LogP contribution < -0.4 is 19.7 Å². The molecule has 1 aliphatic heterocycles. The standard InChI is InChI=1S/C21H25N3O4/c1-16(25)23-11-13-24(14-12-23)18-9-7-17(8-10-18)22-21(26)15-28-20-6-4-3-5-19(20)27-2/h3-10H,11-15H2,1-2H3,(H,22,26). The molecule has 7 nitrogen and oxygen atoms in total. The average Bonchev–Trinajstić information content (AvgIpc) is 2.73. The first-order chi connectivity index (χ1) is 13.6. The van der Waals surface area contributed by atoms with E-state index < -0.39 is 0 Å². The first-order valence-corrected chi connectivity index (χ1v) is 9.23. The van der Waals surface area contributed by atoms with E-state index in [0.717, 1.165) is 31.9 Å². The number of amides is 2. The quantitative estimate of drug-likeness (QED) is 0.829. The Bertz CT molecular complexity index is 815. The highest BCUT2D eigenvalue weighted by Crippen LogP contribution is 2.25. The van der Waals surface area contributed by atoms with Crippen LogP contribution in [0.2, 0.25) is 0 Å². The summed E-state index contributed by atoms with van der Waals surface area (Å²) in [7, 11) is 1.56. The third-order valence-electron chi connectivity index (χ3n) is 4.67. The van der Waals surface area contributed by atoms with Gasteiger partial charge in [-0.05, 0) is 36.4 Å². The summed E-state index contributed by atoms with van der Waals surface area (Å²) >= 11 is 0. The molecule has 2 aromatic rings. The van der Waals surface area contributed by atoms with Gasteiger partial charge in [-0.3, -0.25) is 9.59 Å². The molecule has 28 heavy (non-hydrogen) atoms. The van der Waals surface area contributed by atoms with Crippen LogP contribution in [0.5, 0.6) is 11.5 Å². The van der Waals surface area contributed by atoms with Crippen molar-refractivity contribution in [3.05, 3.63) is 48.5 Å². The largest absolute Gasteiger partial charge is 0.493 e. The van der Waals surface area contributed by atoms with E-state index in [-0.39, 0.29) is 18.4 Å². The normalized spacial score (nSPS) is 13.8. The molecule has 0 bridgehead atoms. The summed E-state index contributed by atoms with van der Waals surface area (Å²) in [6.45, 7) is 4.57. The van der Waals surface area contributed by atoms with Crippen LogP contribution in [0.4, 0.5) is 11.4 Å². The highest BCUT2D eigenvalue weighted by molar-refractivity contribution is 5.92. The van der Waals surface area contributed by atoms with E-state index in [4.69, 9.17) is 9.47 Å². The van der Waals surface area contributed by atoms with Gasteiger partial charge in [0.2, 0.25) is 5.91 Å². The average molecular weight is 383 g/mol. The zero-order valence-electron chi connectivity index (χ0n) is 16.2. The highest BCUT2D eigenvalue weighted by Gasteiger charge is 2.18. The van der Waals surface area contributed by atoms with Crippen molar-refractivity contribution in [2.24, 2.45) is 0 Å². The lowest BCUT2D eigenvalue weighted by Gasteiger charge is -2.35. The van der Waals surface area contributed by atoms with Crippen molar-refractivity contribution in [1.29, 1.82) is 0 Å². The van der Waals surface area contributed by atoms with Crippen molar-refractivity contribution in [3.8, 4) is 11.5 Å². The van der Waals surface area contributed by atoms with Gasteiger partial charge in [0.15, 0.2) is 18.1 Å². The molecule has 0 unspecified atom stereocenters. The number of hydrogen-bond acceptors (Lipinski definition) is 5. The van der Waals surface area contributed by atoms with E-state index in [1.54, 1.807) is 26.2 Å². The molecule has 1 N–H and O–H groups in total. The molecule has 3 rings (SSSR count). The Hall–Kier alpha value is -3.22. The molecule has 0 aliphatic carbocycles. The van der Waals surface area contributed by atoms with Crippen molar-refractivity contribution in [3.63, 3.8) is 0 Å². The predicted octanol–water partition coefficient (Wildman–Crippen LogP) is 2.38. The lowest BCUT2D eigenvalue weighted by molar-refractivity contribution is -0.129. The van der Waals surface area contributed by atoms with E-state index in [2.05, 4.69) is 10.2 Å². The van der Waals surface area contributed by atoms with Gasteiger partial charge in [0.05, 0.1) is 7.11 Å². The molecule has 1 aliphatic rings. The summed E-state index contributed by atoms with van der Waals surface area (Å²) in [4.78, 5) is 27.7. The molecule has 0 spiro atoms. The molecule has 0 saturated carbocycles. The van der Waals surface area contributed by atoms with Gasteiger partial charge < -0.3 is 24.6 Å². The van der Waals surface area contributed by atoms with Crippen LogP contribution in [0.25, 0.3) is 0 Å². The van der Waals surface area contributed by atoms with Gasteiger partial charge in [-0.1, -0.05) is 12.1 Å². The number of carbonyl (C=O) groups excluding carboxylic acids is 2. The summed E-state index contributed by atoms with van der Waals surface area (Å²) < 4.78 is 10.7. The third-order valence-corrected chi connectivity index (χ3v) is 4.67. The highest BCUT2D eigenvalue weighted by atomic mass is 16.5. The number of benzene rings is 2. The van der Waals surface area contributed by atoms with E-state index in [0.29, 0.717) is 17.2 Å². The molecule has 2 aromatic carbocycles. The predicted molar refractivity (Wildman–Crippen MR) is 108 cm³/mol. The fourth-order valence-electron chi connectivity index (χ4n) is 3.11. The minimum Gasteiger partial charge on any atom is -0.493 e. The summed E-state index contributed by atoms with van der Waals surface area (Å²) in [6.07, 6.45) is 0. The Morgan fingerprint density at radius 3 is 2.21 bits per heavy atom. The van der Waals surface area contributed by atoms with Gasteiger partial charge in [-0.15, -0.1) is 0 Å². The zero-order chi connectivity index (χ0) is 19.9. The molecule has 7 heteroatoms. The molecule has 0 radical (unpaired) electrons.